The van der Waals surface area contributed by atoms with Gasteiger partial charge in [0.1, 0.15) is 0 Å². The van der Waals surface area contributed by atoms with Gasteiger partial charge < -0.3 is 9.67 Å². The molecule has 19 heavy (non-hydrogen) atoms. The zero-order chi connectivity index (χ0) is 14.2. The van der Waals surface area contributed by atoms with Crippen LogP contribution < -0.4 is 0 Å². The molecule has 0 spiro atoms. The maximum absolute atomic E-state index is 11.0. The summed E-state index contributed by atoms with van der Waals surface area (Å²) in [7, 11) is 0. The van der Waals surface area contributed by atoms with Crippen LogP contribution in [0.4, 0.5) is 0 Å². The first-order chi connectivity index (χ1) is 8.91. The van der Waals surface area contributed by atoms with Gasteiger partial charge in [-0.3, -0.25) is 4.79 Å². The summed E-state index contributed by atoms with van der Waals surface area (Å²) in [6.45, 7) is 5.89. The summed E-state index contributed by atoms with van der Waals surface area (Å²) in [5.41, 5.74) is 2.01. The molecule has 0 radical (unpaired) electrons. The van der Waals surface area contributed by atoms with Gasteiger partial charge in [0.2, 0.25) is 0 Å². The molecule has 0 aliphatic heterocycles. The van der Waals surface area contributed by atoms with E-state index >= 15 is 0 Å². The Morgan fingerprint density at radius 3 is 2.63 bits per heavy atom. The molecule has 102 valence electrons. The lowest BCUT2D eigenvalue weighted by Gasteiger charge is -2.16. The normalized spacial score (nSPS) is 13.1. The van der Waals surface area contributed by atoms with Gasteiger partial charge in [-0.05, 0) is 26.0 Å². The molecule has 0 aliphatic rings. The van der Waals surface area contributed by atoms with Crippen LogP contribution in [0.25, 0.3) is 10.9 Å². The van der Waals surface area contributed by atoms with Crippen molar-refractivity contribution in [1.82, 2.24) is 4.57 Å². The van der Waals surface area contributed by atoms with Crippen LogP contribution in [-0.2, 0) is 11.2 Å². The lowest BCUT2D eigenvalue weighted by Crippen LogP contribution is -2.15. The Labute approximate surface area is 117 Å². The van der Waals surface area contributed by atoms with Crippen LogP contribution in [0.15, 0.2) is 24.3 Å². The van der Waals surface area contributed by atoms with E-state index in [0.717, 1.165) is 16.6 Å². The van der Waals surface area contributed by atoms with E-state index in [2.05, 4.69) is 18.4 Å². The number of aromatic nitrogens is 1. The molecule has 1 atom stereocenters. The molecule has 2 rings (SSSR count). The van der Waals surface area contributed by atoms with E-state index in [4.69, 9.17) is 16.7 Å². The Bertz CT molecular complexity index is 616. The SMILES string of the molecule is CC(Cc1cc2cccc(Cl)c2n1C(C)C)C(=O)O. The molecular formula is C15H18ClNO2. The van der Waals surface area contributed by atoms with Gasteiger partial charge in [-0.15, -0.1) is 0 Å². The molecule has 0 amide bonds. The molecular weight excluding hydrogens is 262 g/mol. The third kappa shape index (κ3) is 2.61. The van der Waals surface area contributed by atoms with E-state index in [9.17, 15) is 4.79 Å². The van der Waals surface area contributed by atoms with Crippen LogP contribution >= 0.6 is 11.6 Å². The van der Waals surface area contributed by atoms with Crippen molar-refractivity contribution in [1.29, 1.82) is 0 Å². The zero-order valence-electron chi connectivity index (χ0n) is 11.4. The Balaban J connectivity index is 2.58. The molecule has 1 aromatic heterocycles. The van der Waals surface area contributed by atoms with Gasteiger partial charge in [0, 0.05) is 23.5 Å². The second-order valence-corrected chi connectivity index (χ2v) is 5.63. The minimum absolute atomic E-state index is 0.244. The number of hydrogen-bond donors (Lipinski definition) is 1. The quantitative estimate of drug-likeness (QED) is 0.914. The number of fused-ring (bicyclic) bond motifs is 1. The van der Waals surface area contributed by atoms with Crippen molar-refractivity contribution in [3.63, 3.8) is 0 Å². The van der Waals surface area contributed by atoms with Crippen molar-refractivity contribution >= 4 is 28.5 Å². The van der Waals surface area contributed by atoms with Crippen molar-refractivity contribution < 1.29 is 9.90 Å². The number of carboxylic acids is 1. The fraction of sp³-hybridized carbons (Fsp3) is 0.400. The van der Waals surface area contributed by atoms with Crippen molar-refractivity contribution in [2.45, 2.75) is 33.2 Å². The second kappa shape index (κ2) is 5.25. The molecule has 0 bridgehead atoms. The summed E-state index contributed by atoms with van der Waals surface area (Å²) in [6, 6.07) is 8.08. The summed E-state index contributed by atoms with van der Waals surface area (Å²) >= 11 is 6.28. The Morgan fingerprint density at radius 2 is 2.05 bits per heavy atom. The monoisotopic (exact) mass is 279 g/mol. The first-order valence-electron chi connectivity index (χ1n) is 6.43. The molecule has 1 N–H and O–H groups in total. The highest BCUT2D eigenvalue weighted by atomic mass is 35.5. The van der Waals surface area contributed by atoms with E-state index < -0.39 is 11.9 Å². The lowest BCUT2D eigenvalue weighted by molar-refractivity contribution is -0.141. The number of benzene rings is 1. The van der Waals surface area contributed by atoms with Crippen LogP contribution in [-0.4, -0.2) is 15.6 Å². The zero-order valence-corrected chi connectivity index (χ0v) is 12.1. The van der Waals surface area contributed by atoms with Crippen LogP contribution in [0.1, 0.15) is 32.5 Å². The van der Waals surface area contributed by atoms with Gasteiger partial charge in [0.15, 0.2) is 0 Å². The van der Waals surface area contributed by atoms with Crippen LogP contribution in [0.3, 0.4) is 0 Å². The standard InChI is InChI=1S/C15H18ClNO2/c1-9(2)17-12(7-10(3)15(18)19)8-11-5-4-6-13(16)14(11)17/h4-6,8-10H,7H2,1-3H3,(H,18,19). The third-order valence-electron chi connectivity index (χ3n) is 3.34. The smallest absolute Gasteiger partial charge is 0.306 e. The van der Waals surface area contributed by atoms with Crippen molar-refractivity contribution in [2.75, 3.05) is 0 Å². The van der Waals surface area contributed by atoms with Gasteiger partial charge in [-0.2, -0.15) is 0 Å². The highest BCUT2D eigenvalue weighted by Gasteiger charge is 2.18. The Hall–Kier alpha value is -1.48. The topological polar surface area (TPSA) is 42.2 Å². The van der Waals surface area contributed by atoms with Crippen molar-refractivity contribution in [2.24, 2.45) is 5.92 Å². The fourth-order valence-electron chi connectivity index (χ4n) is 2.44. The van der Waals surface area contributed by atoms with Gasteiger partial charge in [-0.25, -0.2) is 0 Å². The third-order valence-corrected chi connectivity index (χ3v) is 3.65. The average Bonchev–Trinajstić information content (AvgIpc) is 2.68. The molecule has 0 aliphatic carbocycles. The van der Waals surface area contributed by atoms with E-state index in [1.54, 1.807) is 6.92 Å². The lowest BCUT2D eigenvalue weighted by atomic mass is 10.1. The summed E-state index contributed by atoms with van der Waals surface area (Å²) in [5.74, 6) is -1.17. The van der Waals surface area contributed by atoms with Crippen LogP contribution in [0, 0.1) is 5.92 Å². The Kier molecular flexibility index (Phi) is 3.85. The highest BCUT2D eigenvalue weighted by Crippen LogP contribution is 2.31. The van der Waals surface area contributed by atoms with Gasteiger partial charge in [0.25, 0.3) is 0 Å². The number of para-hydroxylation sites is 1. The molecule has 3 nitrogen and oxygen atoms in total. The van der Waals surface area contributed by atoms with Crippen molar-refractivity contribution in [3.8, 4) is 0 Å². The molecule has 0 saturated heterocycles. The molecule has 4 heteroatoms. The van der Waals surface area contributed by atoms with E-state index in [-0.39, 0.29) is 6.04 Å². The highest BCUT2D eigenvalue weighted by molar-refractivity contribution is 6.35. The predicted octanol–water partition coefficient (Wildman–Crippen LogP) is 4.14. The van der Waals surface area contributed by atoms with Crippen molar-refractivity contribution in [3.05, 3.63) is 35.0 Å². The molecule has 2 aromatic rings. The van der Waals surface area contributed by atoms with E-state index in [0.29, 0.717) is 11.4 Å². The first kappa shape index (κ1) is 13.9. The van der Waals surface area contributed by atoms with E-state index in [1.165, 1.54) is 0 Å². The molecule has 1 unspecified atom stereocenters. The number of carbonyl (C=O) groups is 1. The molecule has 0 saturated carbocycles. The first-order valence-corrected chi connectivity index (χ1v) is 6.80. The fourth-order valence-corrected chi connectivity index (χ4v) is 2.72. The molecule has 1 aromatic carbocycles. The van der Waals surface area contributed by atoms with E-state index in [1.807, 2.05) is 24.3 Å². The number of nitrogens with zero attached hydrogens (tertiary/aromatic N) is 1. The number of hydrogen-bond acceptors (Lipinski definition) is 1. The number of carboxylic acid groups (broad SMARTS) is 1. The number of aliphatic carboxylic acids is 1. The van der Waals surface area contributed by atoms with Crippen LogP contribution in [0.5, 0.6) is 0 Å². The maximum Gasteiger partial charge on any atom is 0.306 e. The number of halogens is 1. The van der Waals surface area contributed by atoms with Gasteiger partial charge in [0.05, 0.1) is 16.5 Å². The van der Waals surface area contributed by atoms with Gasteiger partial charge in [-0.1, -0.05) is 30.7 Å². The van der Waals surface area contributed by atoms with Crippen LogP contribution in [0.2, 0.25) is 5.02 Å². The summed E-state index contributed by atoms with van der Waals surface area (Å²) in [5, 5.41) is 10.8. The average molecular weight is 280 g/mol. The maximum atomic E-state index is 11.0. The minimum Gasteiger partial charge on any atom is -0.481 e. The largest absolute Gasteiger partial charge is 0.481 e. The predicted molar refractivity (Wildman–Crippen MR) is 77.8 cm³/mol. The minimum atomic E-state index is -0.772. The summed E-state index contributed by atoms with van der Waals surface area (Å²) in [6.07, 6.45) is 0.512. The summed E-state index contributed by atoms with van der Waals surface area (Å²) in [4.78, 5) is 11.0. The second-order valence-electron chi connectivity index (χ2n) is 5.22. The summed E-state index contributed by atoms with van der Waals surface area (Å²) < 4.78 is 2.14. The molecule has 0 fully saturated rings. The molecule has 1 heterocycles. The number of rotatable bonds is 4. The Morgan fingerprint density at radius 1 is 1.37 bits per heavy atom. The van der Waals surface area contributed by atoms with Gasteiger partial charge >= 0.3 is 5.97 Å².